The highest BCUT2D eigenvalue weighted by molar-refractivity contribution is 6.03. The third-order valence-electron chi connectivity index (χ3n) is 4.41. The number of anilines is 1. The number of aliphatic hydroxyl groups excluding tert-OH is 1. The van der Waals surface area contributed by atoms with E-state index in [2.05, 4.69) is 15.6 Å². The van der Waals surface area contributed by atoms with Gasteiger partial charge in [-0.05, 0) is 37.8 Å². The van der Waals surface area contributed by atoms with Crippen molar-refractivity contribution < 1.29 is 18.8 Å². The predicted molar refractivity (Wildman–Crippen MR) is 87.9 cm³/mol. The van der Waals surface area contributed by atoms with Crippen LogP contribution in [0.5, 0.6) is 0 Å². The van der Waals surface area contributed by atoms with Crippen LogP contribution in [-0.4, -0.2) is 32.1 Å². The molecule has 1 fully saturated rings. The zero-order chi connectivity index (χ0) is 17.2. The van der Waals surface area contributed by atoms with Crippen LogP contribution in [-0.2, 0) is 0 Å². The first-order valence-electron chi connectivity index (χ1n) is 8.23. The molecule has 8 nitrogen and oxygen atoms in total. The van der Waals surface area contributed by atoms with Gasteiger partial charge in [0.05, 0.1) is 30.3 Å². The normalized spacial score (nSPS) is 20.5. The first kappa shape index (κ1) is 15.6. The lowest BCUT2D eigenvalue weighted by Crippen LogP contribution is -2.21. The number of aromatic nitrogens is 3. The molecule has 3 aromatic heterocycles. The fraction of sp³-hybridized carbons (Fsp3) is 0.353. The second kappa shape index (κ2) is 6.56. The number of carbonyl (C=O) groups is 1. The molecule has 3 heterocycles. The molecule has 1 aliphatic rings. The van der Waals surface area contributed by atoms with Crippen molar-refractivity contribution in [3.63, 3.8) is 0 Å². The van der Waals surface area contributed by atoms with Gasteiger partial charge in [0, 0.05) is 12.3 Å². The molecule has 0 bridgehead atoms. The highest BCUT2D eigenvalue weighted by Gasteiger charge is 2.22. The Hall–Kier alpha value is -2.87. The summed E-state index contributed by atoms with van der Waals surface area (Å²) in [5.74, 6) is 0.533. The van der Waals surface area contributed by atoms with Gasteiger partial charge in [-0.25, -0.2) is 0 Å². The summed E-state index contributed by atoms with van der Waals surface area (Å²) >= 11 is 0. The van der Waals surface area contributed by atoms with Crippen molar-refractivity contribution in [2.24, 2.45) is 0 Å². The zero-order valence-corrected chi connectivity index (χ0v) is 13.5. The van der Waals surface area contributed by atoms with Crippen LogP contribution in [0.2, 0.25) is 0 Å². The van der Waals surface area contributed by atoms with E-state index in [4.69, 9.17) is 8.94 Å². The molecular weight excluding hydrogens is 324 g/mol. The molecular formula is C17H18N4O4. The Morgan fingerprint density at radius 1 is 1.28 bits per heavy atom. The highest BCUT2D eigenvalue weighted by Crippen LogP contribution is 2.28. The molecule has 3 aromatic rings. The molecule has 25 heavy (non-hydrogen) atoms. The molecule has 4 rings (SSSR count). The van der Waals surface area contributed by atoms with Gasteiger partial charge in [0.2, 0.25) is 5.76 Å². The molecule has 2 N–H and O–H groups in total. The van der Waals surface area contributed by atoms with E-state index in [1.165, 1.54) is 12.3 Å². The molecule has 0 atom stereocenters. The van der Waals surface area contributed by atoms with Crippen molar-refractivity contribution in [1.29, 1.82) is 0 Å². The van der Waals surface area contributed by atoms with E-state index in [-0.39, 0.29) is 23.7 Å². The SMILES string of the molecule is O=C(Nc1cnn(C2CCC(O)CC2)c1)c1cc(-c2ccco2)on1. The second-order valence-electron chi connectivity index (χ2n) is 6.18. The molecule has 0 saturated heterocycles. The maximum Gasteiger partial charge on any atom is 0.277 e. The fourth-order valence-corrected chi connectivity index (χ4v) is 3.04. The summed E-state index contributed by atoms with van der Waals surface area (Å²) in [5.41, 5.74) is 0.763. The number of hydrogen-bond donors (Lipinski definition) is 2. The maximum atomic E-state index is 12.3. The fourth-order valence-electron chi connectivity index (χ4n) is 3.04. The van der Waals surface area contributed by atoms with Crippen molar-refractivity contribution in [2.75, 3.05) is 5.32 Å². The summed E-state index contributed by atoms with van der Waals surface area (Å²) < 4.78 is 12.2. The number of amides is 1. The Morgan fingerprint density at radius 2 is 2.12 bits per heavy atom. The third kappa shape index (κ3) is 3.34. The highest BCUT2D eigenvalue weighted by atomic mass is 16.5. The third-order valence-corrected chi connectivity index (χ3v) is 4.41. The summed E-state index contributed by atoms with van der Waals surface area (Å²) in [6.45, 7) is 0. The van der Waals surface area contributed by atoms with Gasteiger partial charge in [-0.15, -0.1) is 0 Å². The molecule has 0 aromatic carbocycles. The van der Waals surface area contributed by atoms with Crippen molar-refractivity contribution in [3.8, 4) is 11.5 Å². The Balaban J connectivity index is 1.41. The topological polar surface area (TPSA) is 106 Å². The first-order chi connectivity index (χ1) is 12.2. The summed E-state index contributed by atoms with van der Waals surface area (Å²) in [6, 6.07) is 5.25. The Labute approximate surface area is 143 Å². The Morgan fingerprint density at radius 3 is 2.88 bits per heavy atom. The van der Waals surface area contributed by atoms with E-state index in [9.17, 15) is 9.90 Å². The molecule has 1 aliphatic carbocycles. The van der Waals surface area contributed by atoms with Gasteiger partial charge in [0.15, 0.2) is 11.5 Å². The minimum atomic E-state index is -0.375. The van der Waals surface area contributed by atoms with Crippen LogP contribution in [0.4, 0.5) is 5.69 Å². The summed E-state index contributed by atoms with van der Waals surface area (Å²) in [5, 5.41) is 20.4. The van der Waals surface area contributed by atoms with Gasteiger partial charge < -0.3 is 19.4 Å². The van der Waals surface area contributed by atoms with Gasteiger partial charge in [-0.1, -0.05) is 5.16 Å². The molecule has 0 radical (unpaired) electrons. The van der Waals surface area contributed by atoms with Gasteiger partial charge in [0.1, 0.15) is 0 Å². The number of aliphatic hydroxyl groups is 1. The number of carbonyl (C=O) groups excluding carboxylic acids is 1. The Kier molecular flexibility index (Phi) is 4.10. The largest absolute Gasteiger partial charge is 0.461 e. The van der Waals surface area contributed by atoms with Crippen LogP contribution in [0.3, 0.4) is 0 Å². The first-order valence-corrected chi connectivity index (χ1v) is 8.23. The van der Waals surface area contributed by atoms with Crippen LogP contribution in [0.1, 0.15) is 42.2 Å². The summed E-state index contributed by atoms with van der Waals surface area (Å²) in [6.07, 6.45) is 8.04. The van der Waals surface area contributed by atoms with E-state index in [0.717, 1.165) is 25.7 Å². The van der Waals surface area contributed by atoms with Crippen LogP contribution in [0, 0.1) is 0 Å². The van der Waals surface area contributed by atoms with Gasteiger partial charge in [-0.2, -0.15) is 5.10 Å². The standard InChI is InChI=1S/C17H18N4O4/c22-13-5-3-12(4-6-13)21-10-11(9-18-21)19-17(23)14-8-16(25-20-14)15-2-1-7-24-15/h1-2,7-10,12-13,22H,3-6H2,(H,19,23). The van der Waals surface area contributed by atoms with Gasteiger partial charge in [-0.3, -0.25) is 9.48 Å². The minimum Gasteiger partial charge on any atom is -0.461 e. The molecule has 1 saturated carbocycles. The van der Waals surface area contributed by atoms with Crippen molar-refractivity contribution in [1.82, 2.24) is 14.9 Å². The summed E-state index contributed by atoms with van der Waals surface area (Å²) in [7, 11) is 0. The molecule has 130 valence electrons. The van der Waals surface area contributed by atoms with E-state index >= 15 is 0 Å². The number of nitrogens with zero attached hydrogens (tertiary/aromatic N) is 3. The number of hydrogen-bond acceptors (Lipinski definition) is 6. The molecule has 8 heteroatoms. The van der Waals surface area contributed by atoms with Crippen LogP contribution in [0.15, 0.2) is 45.8 Å². The number of furan rings is 1. The van der Waals surface area contributed by atoms with Crippen LogP contribution < -0.4 is 5.32 Å². The monoisotopic (exact) mass is 342 g/mol. The average molecular weight is 342 g/mol. The zero-order valence-electron chi connectivity index (χ0n) is 13.5. The smallest absolute Gasteiger partial charge is 0.277 e. The quantitative estimate of drug-likeness (QED) is 0.755. The van der Waals surface area contributed by atoms with Crippen molar-refractivity contribution in [3.05, 3.63) is 42.5 Å². The lowest BCUT2D eigenvalue weighted by molar-refractivity contribution is 0.101. The van der Waals surface area contributed by atoms with E-state index in [1.807, 2.05) is 4.68 Å². The number of rotatable bonds is 4. The van der Waals surface area contributed by atoms with Crippen molar-refractivity contribution in [2.45, 2.75) is 37.8 Å². The minimum absolute atomic E-state index is 0.167. The van der Waals surface area contributed by atoms with Gasteiger partial charge in [0.25, 0.3) is 5.91 Å². The van der Waals surface area contributed by atoms with Gasteiger partial charge >= 0.3 is 0 Å². The maximum absolute atomic E-state index is 12.3. The Bertz CT molecular complexity index is 844. The average Bonchev–Trinajstić information content (AvgIpc) is 3.36. The summed E-state index contributed by atoms with van der Waals surface area (Å²) in [4.78, 5) is 12.3. The molecule has 1 amide bonds. The number of nitrogens with one attached hydrogen (secondary N) is 1. The lowest BCUT2D eigenvalue weighted by Gasteiger charge is -2.25. The van der Waals surface area contributed by atoms with Crippen molar-refractivity contribution >= 4 is 11.6 Å². The van der Waals surface area contributed by atoms with E-state index in [0.29, 0.717) is 17.2 Å². The second-order valence-corrected chi connectivity index (χ2v) is 6.18. The molecule has 0 unspecified atom stereocenters. The van der Waals surface area contributed by atoms with Crippen LogP contribution >= 0.6 is 0 Å². The molecule has 0 aliphatic heterocycles. The predicted octanol–water partition coefficient (Wildman–Crippen LogP) is 2.86. The van der Waals surface area contributed by atoms with E-state index < -0.39 is 0 Å². The van der Waals surface area contributed by atoms with Crippen LogP contribution in [0.25, 0.3) is 11.5 Å². The van der Waals surface area contributed by atoms with E-state index in [1.54, 1.807) is 24.5 Å². The molecule has 0 spiro atoms. The lowest BCUT2D eigenvalue weighted by atomic mass is 9.93.